The Labute approximate surface area is 165 Å². The third kappa shape index (κ3) is 4.70. The van der Waals surface area contributed by atoms with E-state index in [1.165, 1.54) is 5.56 Å². The van der Waals surface area contributed by atoms with Crippen molar-refractivity contribution < 1.29 is 9.47 Å². The molecule has 0 aliphatic heterocycles. The van der Waals surface area contributed by atoms with Gasteiger partial charge < -0.3 is 14.8 Å². The van der Waals surface area contributed by atoms with Gasteiger partial charge in [-0.05, 0) is 56.1 Å². The fourth-order valence-electron chi connectivity index (χ4n) is 3.20. The molecule has 1 unspecified atom stereocenters. The van der Waals surface area contributed by atoms with Gasteiger partial charge in [-0.1, -0.05) is 18.2 Å². The minimum Gasteiger partial charge on any atom is -0.493 e. The molecule has 0 aliphatic rings. The maximum atomic E-state index is 12.5. The highest BCUT2D eigenvalue weighted by atomic mass is 16.5. The first kappa shape index (κ1) is 19.9. The molecule has 0 bridgehead atoms. The van der Waals surface area contributed by atoms with Crippen LogP contribution in [-0.2, 0) is 13.0 Å². The van der Waals surface area contributed by atoms with Gasteiger partial charge in [-0.2, -0.15) is 0 Å². The number of methoxy groups -OCH3 is 2. The summed E-state index contributed by atoms with van der Waals surface area (Å²) < 4.78 is 12.3. The summed E-state index contributed by atoms with van der Waals surface area (Å²) in [7, 11) is 3.28. The molecule has 6 nitrogen and oxygen atoms in total. The van der Waals surface area contributed by atoms with Gasteiger partial charge in [-0.25, -0.2) is 4.98 Å². The van der Waals surface area contributed by atoms with Crippen LogP contribution in [0.15, 0.2) is 53.6 Å². The summed E-state index contributed by atoms with van der Waals surface area (Å²) in [4.78, 5) is 16.9. The van der Waals surface area contributed by atoms with Gasteiger partial charge >= 0.3 is 0 Å². The van der Waals surface area contributed by atoms with Gasteiger partial charge in [0.15, 0.2) is 11.5 Å². The lowest BCUT2D eigenvalue weighted by Gasteiger charge is -2.15. The smallest absolute Gasteiger partial charge is 0.261 e. The summed E-state index contributed by atoms with van der Waals surface area (Å²) >= 11 is 0. The monoisotopic (exact) mass is 381 g/mol. The quantitative estimate of drug-likeness (QED) is 0.617. The molecule has 0 saturated heterocycles. The minimum atomic E-state index is 0.0168. The van der Waals surface area contributed by atoms with E-state index in [0.29, 0.717) is 18.0 Å². The van der Waals surface area contributed by atoms with Crippen LogP contribution in [0.4, 0.5) is 0 Å². The molecule has 148 valence electrons. The zero-order valence-electron chi connectivity index (χ0n) is 16.6. The SMILES string of the molecule is COc1ccc(CCNC(C)CCn2cnc3ccccc3c2=O)cc1OC. The summed E-state index contributed by atoms with van der Waals surface area (Å²) in [6, 6.07) is 13.7. The number of hydrogen-bond donors (Lipinski definition) is 1. The van der Waals surface area contributed by atoms with Crippen LogP contribution in [0, 0.1) is 0 Å². The molecule has 28 heavy (non-hydrogen) atoms. The van der Waals surface area contributed by atoms with E-state index in [4.69, 9.17) is 9.47 Å². The third-order valence-electron chi connectivity index (χ3n) is 4.89. The summed E-state index contributed by atoms with van der Waals surface area (Å²) in [6.45, 7) is 3.62. The maximum absolute atomic E-state index is 12.5. The Hall–Kier alpha value is -2.86. The summed E-state index contributed by atoms with van der Waals surface area (Å²) in [5.74, 6) is 1.48. The second kappa shape index (κ2) is 9.37. The Morgan fingerprint density at radius 1 is 1.11 bits per heavy atom. The predicted octanol–water partition coefficient (Wildman–Crippen LogP) is 3.02. The van der Waals surface area contributed by atoms with Crippen molar-refractivity contribution in [1.29, 1.82) is 0 Å². The zero-order chi connectivity index (χ0) is 19.9. The Balaban J connectivity index is 1.51. The van der Waals surface area contributed by atoms with Gasteiger partial charge in [0.1, 0.15) is 0 Å². The molecule has 2 aromatic carbocycles. The van der Waals surface area contributed by atoms with E-state index >= 15 is 0 Å². The number of nitrogens with zero attached hydrogens (tertiary/aromatic N) is 2. The summed E-state index contributed by atoms with van der Waals surface area (Å²) in [6.07, 6.45) is 3.38. The van der Waals surface area contributed by atoms with E-state index in [1.54, 1.807) is 25.1 Å². The molecule has 0 saturated carbocycles. The van der Waals surface area contributed by atoms with Gasteiger partial charge in [0.05, 0.1) is 31.4 Å². The van der Waals surface area contributed by atoms with Gasteiger partial charge in [0.25, 0.3) is 5.56 Å². The van der Waals surface area contributed by atoms with Crippen molar-refractivity contribution in [3.8, 4) is 11.5 Å². The molecule has 6 heteroatoms. The molecular formula is C22H27N3O3. The van der Waals surface area contributed by atoms with Crippen LogP contribution >= 0.6 is 0 Å². The van der Waals surface area contributed by atoms with Crippen LogP contribution in [0.1, 0.15) is 18.9 Å². The number of rotatable bonds is 9. The highest BCUT2D eigenvalue weighted by Crippen LogP contribution is 2.27. The minimum absolute atomic E-state index is 0.0168. The molecule has 1 atom stereocenters. The van der Waals surface area contributed by atoms with Crippen LogP contribution < -0.4 is 20.3 Å². The molecule has 0 amide bonds. The number of aryl methyl sites for hydroxylation is 1. The maximum Gasteiger partial charge on any atom is 0.261 e. The van der Waals surface area contributed by atoms with Crippen molar-refractivity contribution in [2.75, 3.05) is 20.8 Å². The zero-order valence-corrected chi connectivity index (χ0v) is 16.6. The molecule has 3 rings (SSSR count). The molecule has 1 N–H and O–H groups in total. The second-order valence-corrected chi connectivity index (χ2v) is 6.84. The van der Waals surface area contributed by atoms with E-state index in [2.05, 4.69) is 17.2 Å². The number of hydrogen-bond acceptors (Lipinski definition) is 5. The lowest BCUT2D eigenvalue weighted by molar-refractivity contribution is 0.354. The highest BCUT2D eigenvalue weighted by molar-refractivity contribution is 5.76. The van der Waals surface area contributed by atoms with Gasteiger partial charge in [0, 0.05) is 12.6 Å². The first-order valence-electron chi connectivity index (χ1n) is 9.51. The van der Waals surface area contributed by atoms with E-state index in [0.717, 1.165) is 36.4 Å². The van der Waals surface area contributed by atoms with Gasteiger partial charge in [-0.3, -0.25) is 9.36 Å². The molecule has 0 spiro atoms. The normalized spacial score (nSPS) is 12.1. The van der Waals surface area contributed by atoms with Crippen molar-refractivity contribution in [2.24, 2.45) is 0 Å². The van der Waals surface area contributed by atoms with Crippen molar-refractivity contribution in [3.63, 3.8) is 0 Å². The Morgan fingerprint density at radius 2 is 1.89 bits per heavy atom. The average Bonchev–Trinajstić information content (AvgIpc) is 2.73. The van der Waals surface area contributed by atoms with Crippen molar-refractivity contribution >= 4 is 10.9 Å². The molecular weight excluding hydrogens is 354 g/mol. The summed E-state index contributed by atoms with van der Waals surface area (Å²) in [5, 5.41) is 4.18. The predicted molar refractivity (Wildman–Crippen MR) is 111 cm³/mol. The van der Waals surface area contributed by atoms with Crippen LogP contribution in [-0.4, -0.2) is 36.4 Å². The standard InChI is InChI=1S/C22H27N3O3/c1-16(23-12-10-17-8-9-20(27-2)21(14-17)28-3)11-13-25-15-24-19-7-5-4-6-18(19)22(25)26/h4-9,14-16,23H,10-13H2,1-3H3. The second-order valence-electron chi connectivity index (χ2n) is 6.84. The summed E-state index contributed by atoms with van der Waals surface area (Å²) in [5.41, 5.74) is 1.94. The molecule has 0 fully saturated rings. The van der Waals surface area contributed by atoms with Crippen LogP contribution in [0.3, 0.4) is 0 Å². The van der Waals surface area contributed by atoms with Crippen molar-refractivity contribution in [3.05, 3.63) is 64.7 Å². The Bertz CT molecular complexity index is 984. The van der Waals surface area contributed by atoms with E-state index in [1.807, 2.05) is 42.5 Å². The molecule has 3 aromatic rings. The Morgan fingerprint density at radius 3 is 2.68 bits per heavy atom. The molecule has 1 aromatic heterocycles. The van der Waals surface area contributed by atoms with E-state index in [-0.39, 0.29) is 5.56 Å². The van der Waals surface area contributed by atoms with Crippen LogP contribution in [0.25, 0.3) is 10.9 Å². The number of ether oxygens (including phenoxy) is 2. The fourth-order valence-corrected chi connectivity index (χ4v) is 3.20. The lowest BCUT2D eigenvalue weighted by atomic mass is 10.1. The number of nitrogens with one attached hydrogen (secondary N) is 1. The molecule has 0 radical (unpaired) electrons. The Kier molecular flexibility index (Phi) is 6.66. The lowest BCUT2D eigenvalue weighted by Crippen LogP contribution is -2.31. The average molecular weight is 381 g/mol. The number of fused-ring (bicyclic) bond motifs is 1. The number of aromatic nitrogens is 2. The van der Waals surface area contributed by atoms with E-state index < -0.39 is 0 Å². The largest absolute Gasteiger partial charge is 0.493 e. The van der Waals surface area contributed by atoms with Crippen molar-refractivity contribution in [1.82, 2.24) is 14.9 Å². The fraction of sp³-hybridized carbons (Fsp3) is 0.364. The number of benzene rings is 2. The molecule has 0 aliphatic carbocycles. The third-order valence-corrected chi connectivity index (χ3v) is 4.89. The van der Waals surface area contributed by atoms with Gasteiger partial charge in [0.2, 0.25) is 0 Å². The van der Waals surface area contributed by atoms with Gasteiger partial charge in [-0.15, -0.1) is 0 Å². The van der Waals surface area contributed by atoms with Crippen LogP contribution in [0.5, 0.6) is 11.5 Å². The first-order valence-corrected chi connectivity index (χ1v) is 9.51. The first-order chi connectivity index (χ1) is 13.6. The highest BCUT2D eigenvalue weighted by Gasteiger charge is 2.07. The van der Waals surface area contributed by atoms with Crippen LogP contribution in [0.2, 0.25) is 0 Å². The van der Waals surface area contributed by atoms with Crippen molar-refractivity contribution in [2.45, 2.75) is 32.4 Å². The topological polar surface area (TPSA) is 65.4 Å². The molecule has 1 heterocycles. The van der Waals surface area contributed by atoms with E-state index in [9.17, 15) is 4.79 Å². The number of para-hydroxylation sites is 1.